The Hall–Kier alpha value is -1.98. The SMILES string of the molecule is CCN(C(C)C)C(C)C(C(=O)[C@H](CNc1ncnc(Cl)c1N)NC(=O)OC(C)(C)C)C(C)P(F)(F)(F)F. The summed E-state index contributed by atoms with van der Waals surface area (Å²) in [5, 5.41) is 4.97. The molecule has 1 heterocycles. The third-order valence-electron chi connectivity index (χ3n) is 5.88. The predicted molar refractivity (Wildman–Crippen MR) is 139 cm³/mol. The van der Waals surface area contributed by atoms with Crippen molar-refractivity contribution < 1.29 is 31.1 Å². The molecule has 15 heteroatoms. The first-order chi connectivity index (χ1) is 16.7. The van der Waals surface area contributed by atoms with Gasteiger partial charge in [-0.2, -0.15) is 0 Å². The van der Waals surface area contributed by atoms with Crippen molar-refractivity contribution in [2.45, 2.75) is 84.8 Å². The molecule has 0 fully saturated rings. The predicted octanol–water partition coefficient (Wildman–Crippen LogP) is 5.80. The van der Waals surface area contributed by atoms with E-state index in [4.69, 9.17) is 22.1 Å². The topological polar surface area (TPSA) is 122 Å². The van der Waals surface area contributed by atoms with Crippen molar-refractivity contribution >= 4 is 42.8 Å². The molecule has 214 valence electrons. The molecule has 1 amide bonds. The third kappa shape index (κ3) is 9.68. The van der Waals surface area contributed by atoms with E-state index in [1.165, 1.54) is 6.92 Å². The van der Waals surface area contributed by atoms with Crippen LogP contribution < -0.4 is 16.4 Å². The molecule has 0 bridgehead atoms. The molecule has 0 spiro atoms. The number of anilines is 2. The molecule has 0 aliphatic rings. The van der Waals surface area contributed by atoms with Gasteiger partial charge in [0.1, 0.15) is 0 Å². The van der Waals surface area contributed by atoms with Crippen molar-refractivity contribution in [3.05, 3.63) is 11.5 Å². The zero-order valence-corrected chi connectivity index (χ0v) is 24.0. The summed E-state index contributed by atoms with van der Waals surface area (Å²) in [4.78, 5) is 35.6. The number of alkyl carbamates (subject to hydrolysis) is 1. The molecular weight excluding hydrogens is 539 g/mol. The third-order valence-corrected chi connectivity index (χ3v) is 7.73. The Kier molecular flexibility index (Phi) is 10.9. The van der Waals surface area contributed by atoms with Crippen LogP contribution in [0.4, 0.5) is 33.1 Å². The van der Waals surface area contributed by atoms with E-state index in [0.29, 0.717) is 13.5 Å². The Morgan fingerprint density at radius 2 is 1.73 bits per heavy atom. The zero-order chi connectivity index (χ0) is 29.0. The van der Waals surface area contributed by atoms with Crippen LogP contribution in [-0.2, 0) is 9.53 Å². The average molecular weight is 577 g/mol. The summed E-state index contributed by atoms with van der Waals surface area (Å²) >= 11 is 5.89. The number of nitrogen functional groups attached to an aromatic ring is 1. The monoisotopic (exact) mass is 576 g/mol. The van der Waals surface area contributed by atoms with Gasteiger partial charge in [-0.3, -0.25) is 0 Å². The number of halogens is 5. The molecule has 0 radical (unpaired) electrons. The Balaban J connectivity index is 3.50. The number of nitrogens with one attached hydrogen (secondary N) is 2. The van der Waals surface area contributed by atoms with Gasteiger partial charge in [-0.25, -0.2) is 0 Å². The molecule has 9 nitrogen and oxygen atoms in total. The van der Waals surface area contributed by atoms with Gasteiger partial charge in [-0.1, -0.05) is 0 Å². The Bertz CT molecular complexity index is 951. The number of nitrogens with two attached hydrogens (primary N) is 1. The number of nitrogens with zero attached hydrogens (tertiary/aromatic N) is 3. The van der Waals surface area contributed by atoms with Crippen molar-refractivity contribution in [2.24, 2.45) is 5.92 Å². The van der Waals surface area contributed by atoms with E-state index in [9.17, 15) is 26.4 Å². The van der Waals surface area contributed by atoms with Crippen LogP contribution in [0.2, 0.25) is 5.15 Å². The number of carbonyl (C=O) groups excluding carboxylic acids is 2. The molecule has 3 unspecified atom stereocenters. The van der Waals surface area contributed by atoms with E-state index in [-0.39, 0.29) is 22.7 Å². The van der Waals surface area contributed by atoms with E-state index in [2.05, 4.69) is 20.6 Å². The van der Waals surface area contributed by atoms with Gasteiger partial charge < -0.3 is 0 Å². The fourth-order valence-electron chi connectivity index (χ4n) is 4.07. The van der Waals surface area contributed by atoms with E-state index >= 15 is 0 Å². The van der Waals surface area contributed by atoms with E-state index < -0.39 is 55.5 Å². The summed E-state index contributed by atoms with van der Waals surface area (Å²) in [5.74, 6) is -2.85. The molecular formula is C22H38ClF4N6O3P. The number of hydrogen-bond acceptors (Lipinski definition) is 8. The van der Waals surface area contributed by atoms with Crippen molar-refractivity contribution in [2.75, 3.05) is 24.1 Å². The van der Waals surface area contributed by atoms with Gasteiger partial charge in [0.15, 0.2) is 0 Å². The molecule has 4 atom stereocenters. The first-order valence-electron chi connectivity index (χ1n) is 11.8. The molecule has 37 heavy (non-hydrogen) atoms. The van der Waals surface area contributed by atoms with Crippen LogP contribution >= 0.6 is 19.4 Å². The van der Waals surface area contributed by atoms with Gasteiger partial charge in [-0.05, 0) is 0 Å². The first-order valence-corrected chi connectivity index (χ1v) is 14.1. The second kappa shape index (κ2) is 12.3. The molecule has 0 aliphatic heterocycles. The quantitative estimate of drug-likeness (QED) is 0.162. The molecule has 1 rings (SSSR count). The standard InChI is InChI=1S/C22H38ClF4N6O3P/c1-9-33(12(2)3)13(4)16(14(5)37(24,25,26)27)18(34)15(32-21(35)36-22(6,7)8)10-29-20-17(28)19(23)30-11-31-20/h11-16H,9-10,28H2,1-8H3,(H,32,35)(H,29,30,31)/t13?,14?,15-,16?/m0/s1. The van der Waals surface area contributed by atoms with Crippen LogP contribution in [0.5, 0.6) is 0 Å². The van der Waals surface area contributed by atoms with Gasteiger partial charge in [0.2, 0.25) is 0 Å². The maximum absolute atomic E-state index is 14.1. The summed E-state index contributed by atoms with van der Waals surface area (Å²) in [7, 11) is -8.22. The Morgan fingerprint density at radius 1 is 1.16 bits per heavy atom. The maximum atomic E-state index is 14.1. The minimum atomic E-state index is -8.22. The van der Waals surface area contributed by atoms with Crippen LogP contribution in [-0.4, -0.2) is 69.2 Å². The molecule has 0 aromatic carbocycles. The second-order valence-electron chi connectivity index (χ2n) is 10.1. The summed E-state index contributed by atoms with van der Waals surface area (Å²) in [6.45, 7) is 12.0. The normalized spacial score (nSPS) is 16.9. The second-order valence-corrected chi connectivity index (χ2v) is 12.8. The number of rotatable bonds is 12. The van der Waals surface area contributed by atoms with Crippen LogP contribution in [0.1, 0.15) is 55.4 Å². The van der Waals surface area contributed by atoms with Crippen molar-refractivity contribution in [3.8, 4) is 0 Å². The van der Waals surface area contributed by atoms with Crippen molar-refractivity contribution in [1.82, 2.24) is 20.2 Å². The summed E-state index contributed by atoms with van der Waals surface area (Å²) in [6.07, 6.45) is 0.0606. The van der Waals surface area contributed by atoms with Crippen LogP contribution in [0, 0.1) is 5.92 Å². The number of carbonyl (C=O) groups is 2. The Labute approximate surface area is 220 Å². The van der Waals surface area contributed by atoms with Gasteiger partial charge in [0.25, 0.3) is 0 Å². The molecule has 1 aromatic heterocycles. The molecule has 4 N–H and O–H groups in total. The van der Waals surface area contributed by atoms with Gasteiger partial charge >= 0.3 is 220 Å². The molecule has 1 aromatic rings. The molecule has 0 saturated carbocycles. The summed E-state index contributed by atoms with van der Waals surface area (Å²) in [6, 6.07) is -2.79. The number of ketones is 1. The molecule has 0 aliphatic carbocycles. The van der Waals surface area contributed by atoms with Crippen LogP contribution in [0.25, 0.3) is 0 Å². The molecule has 0 saturated heterocycles. The van der Waals surface area contributed by atoms with Crippen LogP contribution in [0.3, 0.4) is 0 Å². The van der Waals surface area contributed by atoms with Gasteiger partial charge in [0.05, 0.1) is 0 Å². The van der Waals surface area contributed by atoms with Crippen molar-refractivity contribution in [3.63, 3.8) is 0 Å². The van der Waals surface area contributed by atoms with Crippen LogP contribution in [0.15, 0.2) is 6.33 Å². The number of Topliss-reactive ketones (excluding diaryl/α,β-unsaturated/α-hetero) is 1. The number of ether oxygens (including phenoxy) is 1. The number of amides is 1. The number of hydrogen-bond donors (Lipinski definition) is 3. The first kappa shape index (κ1) is 33.0. The fraction of sp³-hybridized carbons (Fsp3) is 0.727. The van der Waals surface area contributed by atoms with E-state index in [0.717, 1.165) is 6.33 Å². The Morgan fingerprint density at radius 3 is 2.19 bits per heavy atom. The average Bonchev–Trinajstić information content (AvgIpc) is 2.71. The summed E-state index contributed by atoms with van der Waals surface area (Å²) < 4.78 is 61.6. The van der Waals surface area contributed by atoms with Gasteiger partial charge in [-0.15, -0.1) is 0 Å². The number of aromatic nitrogens is 2. The van der Waals surface area contributed by atoms with Crippen molar-refractivity contribution in [1.29, 1.82) is 0 Å². The zero-order valence-electron chi connectivity index (χ0n) is 22.4. The fourth-order valence-corrected chi connectivity index (χ4v) is 5.08. The van der Waals surface area contributed by atoms with Gasteiger partial charge in [0, 0.05) is 0 Å². The van der Waals surface area contributed by atoms with E-state index in [1.54, 1.807) is 46.4 Å². The summed E-state index contributed by atoms with van der Waals surface area (Å²) in [5.41, 5.74) is 2.26. The van der Waals surface area contributed by atoms with E-state index in [1.807, 2.05) is 0 Å². The minimum absolute atomic E-state index is 0.00500.